The van der Waals surface area contributed by atoms with Gasteiger partial charge in [-0.1, -0.05) is 62.6 Å². The zero-order chi connectivity index (χ0) is 26.4. The Balaban J connectivity index is 1.71. The number of non-ortho nitro benzene ring substituents is 1. The van der Waals surface area contributed by atoms with E-state index < -0.39 is 4.92 Å². The van der Waals surface area contributed by atoms with Crippen LogP contribution < -0.4 is 9.80 Å². The van der Waals surface area contributed by atoms with Crippen molar-refractivity contribution in [2.45, 2.75) is 64.5 Å². The minimum atomic E-state index is -0.476. The van der Waals surface area contributed by atoms with Gasteiger partial charge in [-0.2, -0.15) is 0 Å². The first-order valence-electron chi connectivity index (χ1n) is 13.0. The lowest BCUT2D eigenvalue weighted by Gasteiger charge is -2.43. The van der Waals surface area contributed by atoms with Crippen molar-refractivity contribution in [2.75, 3.05) is 9.80 Å². The second-order valence-corrected chi connectivity index (χ2v) is 9.55. The van der Waals surface area contributed by atoms with Gasteiger partial charge in [-0.15, -0.1) is 0 Å². The minimum Gasteiger partial charge on any atom is -0.309 e. The van der Waals surface area contributed by atoms with Gasteiger partial charge in [0.25, 0.3) is 11.6 Å². The highest BCUT2D eigenvalue weighted by atomic mass is 16.6. The average molecular weight is 500 g/mol. The van der Waals surface area contributed by atoms with Gasteiger partial charge in [0.15, 0.2) is 0 Å². The Labute approximate surface area is 217 Å². The first kappa shape index (κ1) is 26.1. The van der Waals surface area contributed by atoms with E-state index in [1.54, 1.807) is 4.90 Å². The molecule has 0 spiro atoms. The molecule has 0 fully saturated rings. The van der Waals surface area contributed by atoms with Crippen molar-refractivity contribution in [2.24, 2.45) is 0 Å². The number of rotatable bonds is 9. The van der Waals surface area contributed by atoms with Crippen molar-refractivity contribution in [1.29, 1.82) is 0 Å². The second kappa shape index (κ2) is 11.8. The molecule has 7 heteroatoms. The standard InChI is InChI=1S/C30H33N3O4/c1-3-4-5-9-16-29(34)31-22(2)21-28(26-14-10-11-15-27(26)31)32(24-12-7-6-8-13-24)30(35)23-17-19-25(20-18-23)33(36)37/h6-8,10-15,17-20,22,28H,3-5,9,16,21H2,1-2H3/t22-,28-/m0/s1. The maximum atomic E-state index is 13.9. The number of para-hydroxylation sites is 2. The average Bonchev–Trinajstić information content (AvgIpc) is 2.91. The van der Waals surface area contributed by atoms with Crippen molar-refractivity contribution in [3.63, 3.8) is 0 Å². The fourth-order valence-corrected chi connectivity index (χ4v) is 5.12. The summed E-state index contributed by atoms with van der Waals surface area (Å²) in [5.41, 5.74) is 2.80. The van der Waals surface area contributed by atoms with E-state index in [2.05, 4.69) is 6.92 Å². The fraction of sp³-hybridized carbons (Fsp3) is 0.333. The van der Waals surface area contributed by atoms with Gasteiger partial charge in [0.05, 0.1) is 11.0 Å². The molecular formula is C30H33N3O4. The van der Waals surface area contributed by atoms with Crippen molar-refractivity contribution >= 4 is 28.9 Å². The molecule has 0 bridgehead atoms. The first-order valence-corrected chi connectivity index (χ1v) is 13.0. The number of unbranched alkanes of at least 4 members (excludes halogenated alkanes) is 3. The number of carbonyl (C=O) groups excluding carboxylic acids is 2. The molecule has 0 saturated heterocycles. The molecule has 0 aliphatic carbocycles. The predicted octanol–water partition coefficient (Wildman–Crippen LogP) is 7.08. The lowest BCUT2D eigenvalue weighted by Crippen LogP contribution is -2.47. The van der Waals surface area contributed by atoms with Crippen molar-refractivity contribution < 1.29 is 14.5 Å². The highest BCUT2D eigenvalue weighted by molar-refractivity contribution is 6.07. The Morgan fingerprint density at radius 3 is 2.30 bits per heavy atom. The molecule has 0 aromatic heterocycles. The van der Waals surface area contributed by atoms with Crippen LogP contribution in [0, 0.1) is 10.1 Å². The molecule has 7 nitrogen and oxygen atoms in total. The summed E-state index contributed by atoms with van der Waals surface area (Å²) in [6, 6.07) is 22.6. The van der Waals surface area contributed by atoms with Crippen LogP contribution in [0.3, 0.4) is 0 Å². The van der Waals surface area contributed by atoms with Gasteiger partial charge in [-0.05, 0) is 55.7 Å². The van der Waals surface area contributed by atoms with Gasteiger partial charge in [-0.25, -0.2) is 0 Å². The van der Waals surface area contributed by atoms with E-state index in [4.69, 9.17) is 0 Å². The molecule has 4 rings (SSSR count). The van der Waals surface area contributed by atoms with Crippen molar-refractivity contribution in [3.8, 4) is 0 Å². The zero-order valence-electron chi connectivity index (χ0n) is 21.4. The molecule has 37 heavy (non-hydrogen) atoms. The molecule has 0 N–H and O–H groups in total. The molecule has 1 aliphatic heterocycles. The van der Waals surface area contributed by atoms with Gasteiger partial charge in [-0.3, -0.25) is 19.7 Å². The highest BCUT2D eigenvalue weighted by Gasteiger charge is 2.38. The van der Waals surface area contributed by atoms with E-state index in [0.29, 0.717) is 18.4 Å². The summed E-state index contributed by atoms with van der Waals surface area (Å²) in [7, 11) is 0. The SMILES string of the molecule is CCCCCCC(=O)N1c2ccccc2[C@@H](N(C(=O)c2ccc([N+](=O)[O-])cc2)c2ccccc2)C[C@@H]1C. The second-order valence-electron chi connectivity index (χ2n) is 9.55. The molecule has 3 aromatic rings. The predicted molar refractivity (Wildman–Crippen MR) is 146 cm³/mol. The summed E-state index contributed by atoms with van der Waals surface area (Å²) in [4.78, 5) is 41.6. The lowest BCUT2D eigenvalue weighted by molar-refractivity contribution is -0.384. The Morgan fingerprint density at radius 2 is 1.62 bits per heavy atom. The Hall–Kier alpha value is -4.00. The number of hydrogen-bond donors (Lipinski definition) is 0. The number of amides is 2. The van der Waals surface area contributed by atoms with Crippen molar-refractivity contribution in [3.05, 3.63) is 100 Å². The van der Waals surface area contributed by atoms with Crippen LogP contribution in [0.2, 0.25) is 0 Å². The van der Waals surface area contributed by atoms with E-state index >= 15 is 0 Å². The Kier molecular flexibility index (Phi) is 8.33. The molecule has 192 valence electrons. The number of carbonyl (C=O) groups is 2. The normalized spacial score (nSPS) is 16.6. The van der Waals surface area contributed by atoms with Crippen LogP contribution in [-0.4, -0.2) is 22.8 Å². The summed E-state index contributed by atoms with van der Waals surface area (Å²) in [5.74, 6) is -0.130. The largest absolute Gasteiger partial charge is 0.309 e. The van der Waals surface area contributed by atoms with Crippen LogP contribution in [0.15, 0.2) is 78.9 Å². The van der Waals surface area contributed by atoms with Crippen LogP contribution in [0.25, 0.3) is 0 Å². The number of nitrogens with zero attached hydrogens (tertiary/aromatic N) is 3. The monoisotopic (exact) mass is 499 g/mol. The van der Waals surface area contributed by atoms with Crippen LogP contribution in [-0.2, 0) is 4.79 Å². The molecule has 1 heterocycles. The van der Waals surface area contributed by atoms with Gasteiger partial charge in [0.1, 0.15) is 0 Å². The van der Waals surface area contributed by atoms with Crippen LogP contribution in [0.1, 0.15) is 74.3 Å². The Bertz CT molecular complexity index is 1240. The maximum absolute atomic E-state index is 13.9. The molecule has 0 saturated carbocycles. The third-order valence-corrected chi connectivity index (χ3v) is 6.96. The van der Waals surface area contributed by atoms with Gasteiger partial charge >= 0.3 is 0 Å². The smallest absolute Gasteiger partial charge is 0.269 e. The molecule has 2 amide bonds. The third-order valence-electron chi connectivity index (χ3n) is 6.96. The van der Waals surface area contributed by atoms with E-state index in [1.165, 1.54) is 24.3 Å². The summed E-state index contributed by atoms with van der Waals surface area (Å²) in [5, 5.41) is 11.1. The molecule has 0 unspecified atom stereocenters. The van der Waals surface area contributed by atoms with Crippen LogP contribution in [0.5, 0.6) is 0 Å². The van der Waals surface area contributed by atoms with E-state index in [1.807, 2.05) is 66.4 Å². The summed E-state index contributed by atoms with van der Waals surface area (Å²) in [6.45, 7) is 4.19. The maximum Gasteiger partial charge on any atom is 0.269 e. The van der Waals surface area contributed by atoms with E-state index in [0.717, 1.165) is 42.6 Å². The number of nitro benzene ring substituents is 1. The molecule has 3 aromatic carbocycles. The van der Waals surface area contributed by atoms with Gasteiger partial charge in [0.2, 0.25) is 5.91 Å². The summed E-state index contributed by atoms with van der Waals surface area (Å²) < 4.78 is 0. The summed E-state index contributed by atoms with van der Waals surface area (Å²) >= 11 is 0. The fourth-order valence-electron chi connectivity index (χ4n) is 5.12. The van der Waals surface area contributed by atoms with Gasteiger partial charge < -0.3 is 9.80 Å². The summed E-state index contributed by atoms with van der Waals surface area (Å²) in [6.07, 6.45) is 5.24. The minimum absolute atomic E-state index is 0.0625. The number of benzene rings is 3. The van der Waals surface area contributed by atoms with Crippen molar-refractivity contribution in [1.82, 2.24) is 0 Å². The number of hydrogen-bond acceptors (Lipinski definition) is 4. The van der Waals surface area contributed by atoms with E-state index in [9.17, 15) is 19.7 Å². The van der Waals surface area contributed by atoms with Crippen LogP contribution >= 0.6 is 0 Å². The van der Waals surface area contributed by atoms with Gasteiger partial charge in [0, 0.05) is 41.5 Å². The first-order chi connectivity index (χ1) is 17.9. The quantitative estimate of drug-likeness (QED) is 0.179. The van der Waals surface area contributed by atoms with E-state index in [-0.39, 0.29) is 29.6 Å². The number of anilines is 2. The number of nitro groups is 1. The zero-order valence-corrected chi connectivity index (χ0v) is 21.4. The topological polar surface area (TPSA) is 83.8 Å². The number of fused-ring (bicyclic) bond motifs is 1. The highest BCUT2D eigenvalue weighted by Crippen LogP contribution is 2.43. The third kappa shape index (κ3) is 5.71. The molecule has 1 aliphatic rings. The molecule has 0 radical (unpaired) electrons. The lowest BCUT2D eigenvalue weighted by atomic mass is 9.89. The van der Waals surface area contributed by atoms with Crippen LogP contribution in [0.4, 0.5) is 17.1 Å². The molecule has 2 atom stereocenters. The Morgan fingerprint density at radius 1 is 0.946 bits per heavy atom. The molecular weight excluding hydrogens is 466 g/mol.